The highest BCUT2D eigenvalue weighted by molar-refractivity contribution is 5.82. The first kappa shape index (κ1) is 13.6. The molecule has 0 amide bonds. The van der Waals surface area contributed by atoms with Crippen LogP contribution in [0.5, 0.6) is 0 Å². The molecule has 0 N–H and O–H groups in total. The van der Waals surface area contributed by atoms with Crippen molar-refractivity contribution in [1.82, 2.24) is 0 Å². The van der Waals surface area contributed by atoms with Gasteiger partial charge in [-0.3, -0.25) is 0 Å². The average molecular weight is 261 g/mol. The molecule has 2 aromatic rings. The highest BCUT2D eigenvalue weighted by atomic mass is 16.6. The van der Waals surface area contributed by atoms with Crippen molar-refractivity contribution in [2.45, 2.75) is 6.61 Å². The monoisotopic (exact) mass is 261 g/mol. The van der Waals surface area contributed by atoms with Crippen LogP contribution in [0, 0.1) is 11.3 Å². The molecule has 2 rings (SSSR count). The Bertz CT molecular complexity index is 669. The molecule has 0 aliphatic carbocycles. The molecule has 0 saturated heterocycles. The van der Waals surface area contributed by atoms with E-state index >= 15 is 0 Å². The van der Waals surface area contributed by atoms with Crippen LogP contribution in [0.15, 0.2) is 60.3 Å². The number of rotatable bonds is 5. The van der Waals surface area contributed by atoms with Gasteiger partial charge in [0.2, 0.25) is 0 Å². The molecule has 0 aliphatic heterocycles. The minimum Gasteiger partial charge on any atom is -0.390 e. The van der Waals surface area contributed by atoms with Gasteiger partial charge < -0.3 is 4.84 Å². The predicted octanol–water partition coefficient (Wildman–Crippen LogP) is 3.63. The maximum absolute atomic E-state index is 8.94. The molecule has 2 aromatic carbocycles. The van der Waals surface area contributed by atoms with Crippen molar-refractivity contribution in [3.8, 4) is 6.07 Å². The van der Waals surface area contributed by atoms with Crippen LogP contribution in [-0.4, -0.2) is 6.21 Å². The maximum atomic E-state index is 8.94. The van der Waals surface area contributed by atoms with Gasteiger partial charge in [0.25, 0.3) is 0 Å². The highest BCUT2D eigenvalue weighted by Gasteiger charge is 1.99. The summed E-state index contributed by atoms with van der Waals surface area (Å²) in [5, 5.41) is 12.7. The molecule has 3 nitrogen and oxygen atoms in total. The van der Waals surface area contributed by atoms with E-state index in [1.807, 2.05) is 30.3 Å². The van der Waals surface area contributed by atoms with Gasteiger partial charge in [0, 0.05) is 5.56 Å². The second-order valence-electron chi connectivity index (χ2n) is 4.04. The molecule has 0 fully saturated rings. The van der Waals surface area contributed by atoms with Crippen LogP contribution in [-0.2, 0) is 11.4 Å². The van der Waals surface area contributed by atoms with Crippen LogP contribution in [0.4, 0.5) is 0 Å². The van der Waals surface area contributed by atoms with Crippen LogP contribution in [0.25, 0.3) is 6.08 Å². The van der Waals surface area contributed by atoms with Crippen molar-refractivity contribution in [3.63, 3.8) is 0 Å². The van der Waals surface area contributed by atoms with Gasteiger partial charge in [0.15, 0.2) is 0 Å². The first-order valence-electron chi connectivity index (χ1n) is 6.12. The fourth-order valence-electron chi connectivity index (χ4n) is 1.73. The largest absolute Gasteiger partial charge is 0.390 e. The van der Waals surface area contributed by atoms with E-state index in [0.717, 1.165) is 11.1 Å². The Morgan fingerprint density at radius 3 is 2.55 bits per heavy atom. The molecule has 3 heteroatoms. The molecule has 0 atom stereocenters. The van der Waals surface area contributed by atoms with E-state index in [9.17, 15) is 0 Å². The van der Waals surface area contributed by atoms with E-state index in [2.05, 4.69) is 24.0 Å². The van der Waals surface area contributed by atoms with E-state index in [0.29, 0.717) is 17.7 Å². The average Bonchev–Trinajstić information content (AvgIpc) is 2.52. The molecule has 0 aliphatic rings. The third-order valence-electron chi connectivity index (χ3n) is 2.77. The molecular weight excluding hydrogens is 248 g/mol. The van der Waals surface area contributed by atoms with Gasteiger partial charge in [-0.2, -0.15) is 5.26 Å². The third kappa shape index (κ3) is 3.33. The summed E-state index contributed by atoms with van der Waals surface area (Å²) >= 11 is 0. The standard InChI is InChI=1S/C17H13N2O/c1-2-14-7-3-6-10-17(14)13-20-19-12-16-9-5-4-8-15(16)11-18/h2-10H,1,13H2. The van der Waals surface area contributed by atoms with Gasteiger partial charge in [0.1, 0.15) is 12.8 Å². The molecule has 0 aromatic heterocycles. The number of hydrogen-bond donors (Lipinski definition) is 0. The lowest BCUT2D eigenvalue weighted by atomic mass is 10.1. The van der Waals surface area contributed by atoms with Crippen LogP contribution in [0.2, 0.25) is 0 Å². The van der Waals surface area contributed by atoms with Crippen molar-refractivity contribution < 1.29 is 4.84 Å². The van der Waals surface area contributed by atoms with Crippen LogP contribution < -0.4 is 0 Å². The van der Waals surface area contributed by atoms with Gasteiger partial charge >= 0.3 is 0 Å². The van der Waals surface area contributed by atoms with E-state index in [-0.39, 0.29) is 0 Å². The zero-order valence-electron chi connectivity index (χ0n) is 10.9. The third-order valence-corrected chi connectivity index (χ3v) is 2.77. The van der Waals surface area contributed by atoms with E-state index in [1.54, 1.807) is 24.3 Å². The molecule has 0 bridgehead atoms. The maximum Gasteiger partial charge on any atom is 0.142 e. The molecule has 97 valence electrons. The minimum atomic E-state index is 0.337. The van der Waals surface area contributed by atoms with Gasteiger partial charge in [-0.05, 0) is 17.2 Å². The number of nitriles is 1. The summed E-state index contributed by atoms with van der Waals surface area (Å²) in [5.41, 5.74) is 3.15. The van der Waals surface area contributed by atoms with Gasteiger partial charge in [-0.25, -0.2) is 0 Å². The molecule has 0 saturated carbocycles. The summed E-state index contributed by atoms with van der Waals surface area (Å²) < 4.78 is 0. The topological polar surface area (TPSA) is 45.4 Å². The number of nitrogens with zero attached hydrogens (tertiary/aromatic N) is 2. The normalized spacial score (nSPS) is 10.2. The Morgan fingerprint density at radius 1 is 1.10 bits per heavy atom. The number of hydrogen-bond acceptors (Lipinski definition) is 3. The summed E-state index contributed by atoms with van der Waals surface area (Å²) in [4.78, 5) is 5.22. The zero-order chi connectivity index (χ0) is 14.2. The summed E-state index contributed by atoms with van der Waals surface area (Å²) in [7, 11) is 0. The Morgan fingerprint density at radius 2 is 1.80 bits per heavy atom. The van der Waals surface area contributed by atoms with Gasteiger partial charge in [0.05, 0.1) is 11.6 Å². The first-order valence-corrected chi connectivity index (χ1v) is 6.12. The van der Waals surface area contributed by atoms with Crippen molar-refractivity contribution in [1.29, 1.82) is 5.26 Å². The molecular formula is C17H13N2O. The van der Waals surface area contributed by atoms with Crippen LogP contribution in [0.1, 0.15) is 22.3 Å². The van der Waals surface area contributed by atoms with E-state index < -0.39 is 0 Å². The number of benzene rings is 2. The van der Waals surface area contributed by atoms with Crippen molar-refractivity contribution >= 4 is 12.3 Å². The fraction of sp³-hybridized carbons (Fsp3) is 0.0588. The quantitative estimate of drug-likeness (QED) is 0.609. The lowest BCUT2D eigenvalue weighted by molar-refractivity contribution is 0.132. The van der Waals surface area contributed by atoms with Gasteiger partial charge in [-0.1, -0.05) is 60.3 Å². The summed E-state index contributed by atoms with van der Waals surface area (Å²) in [5.74, 6) is 0. The lowest BCUT2D eigenvalue weighted by Gasteiger charge is -2.03. The zero-order valence-corrected chi connectivity index (χ0v) is 10.9. The fourth-order valence-corrected chi connectivity index (χ4v) is 1.73. The predicted molar refractivity (Wildman–Crippen MR) is 79.0 cm³/mol. The van der Waals surface area contributed by atoms with Crippen molar-refractivity contribution in [3.05, 3.63) is 77.4 Å². The first-order chi connectivity index (χ1) is 9.85. The second kappa shape index (κ2) is 6.91. The summed E-state index contributed by atoms with van der Waals surface area (Å²) in [6.45, 7) is 4.09. The van der Waals surface area contributed by atoms with Crippen LogP contribution in [0.3, 0.4) is 0 Å². The Kier molecular flexibility index (Phi) is 4.69. The van der Waals surface area contributed by atoms with E-state index in [4.69, 9.17) is 10.1 Å². The van der Waals surface area contributed by atoms with Crippen LogP contribution >= 0.6 is 0 Å². The minimum absolute atomic E-state index is 0.337. The van der Waals surface area contributed by atoms with Crippen molar-refractivity contribution in [2.24, 2.45) is 5.16 Å². The molecule has 0 spiro atoms. The highest BCUT2D eigenvalue weighted by Crippen LogP contribution is 2.11. The summed E-state index contributed by atoms with van der Waals surface area (Å²) in [6, 6.07) is 17.0. The van der Waals surface area contributed by atoms with E-state index in [1.165, 1.54) is 0 Å². The SMILES string of the molecule is C=Cc1ccccc1CO/N=[C]\c1ccccc1C#N. The molecule has 1 radical (unpaired) electrons. The smallest absolute Gasteiger partial charge is 0.142 e. The van der Waals surface area contributed by atoms with Gasteiger partial charge in [-0.15, -0.1) is 0 Å². The Hall–Kier alpha value is -2.86. The van der Waals surface area contributed by atoms with Crippen molar-refractivity contribution in [2.75, 3.05) is 0 Å². The Labute approximate surface area is 118 Å². The molecule has 20 heavy (non-hydrogen) atoms. The molecule has 0 heterocycles. The molecule has 0 unspecified atom stereocenters. The second-order valence-corrected chi connectivity index (χ2v) is 4.04. The summed E-state index contributed by atoms with van der Waals surface area (Å²) in [6.07, 6.45) is 4.50. The lowest BCUT2D eigenvalue weighted by Crippen LogP contribution is -1.92. The Balaban J connectivity index is 2.01.